The van der Waals surface area contributed by atoms with Gasteiger partial charge in [-0.1, -0.05) is 5.16 Å². The highest BCUT2D eigenvalue weighted by atomic mass is 16.5. The molecule has 0 unspecified atom stereocenters. The number of nitrogens with zero attached hydrogens (tertiary/aromatic N) is 2. The summed E-state index contributed by atoms with van der Waals surface area (Å²) < 4.78 is 4.84. The van der Waals surface area contributed by atoms with Gasteiger partial charge < -0.3 is 21.3 Å². The zero-order chi connectivity index (χ0) is 13.1. The predicted molar refractivity (Wildman–Crippen MR) is 65.7 cm³/mol. The predicted octanol–water partition coefficient (Wildman–Crippen LogP) is 0.671. The molecule has 0 fully saturated rings. The molecule has 2 aromatic rings. The lowest BCUT2D eigenvalue weighted by Crippen LogP contribution is -2.15. The van der Waals surface area contributed by atoms with E-state index in [0.717, 1.165) is 0 Å². The van der Waals surface area contributed by atoms with Gasteiger partial charge in [-0.2, -0.15) is 4.98 Å². The lowest BCUT2D eigenvalue weighted by Gasteiger charge is -2.09. The van der Waals surface area contributed by atoms with Crippen molar-refractivity contribution in [1.82, 2.24) is 10.1 Å². The fourth-order valence-electron chi connectivity index (χ4n) is 1.51. The number of primary amides is 1. The maximum absolute atomic E-state index is 11.2. The van der Waals surface area contributed by atoms with Crippen LogP contribution in [0.15, 0.2) is 22.7 Å². The number of hydrogen-bond acceptors (Lipinski definition) is 6. The highest BCUT2D eigenvalue weighted by Gasteiger charge is 2.09. The average molecular weight is 247 g/mol. The molecule has 0 aliphatic heterocycles. The molecule has 18 heavy (non-hydrogen) atoms. The molecule has 1 aromatic heterocycles. The molecule has 0 spiro atoms. The van der Waals surface area contributed by atoms with E-state index in [-0.39, 0.29) is 0 Å². The Morgan fingerprint density at radius 3 is 2.89 bits per heavy atom. The minimum Gasteiger partial charge on any atom is -0.399 e. The first kappa shape index (κ1) is 11.9. The molecule has 0 aliphatic rings. The smallest absolute Gasteiger partial charge is 0.250 e. The summed E-state index contributed by atoms with van der Waals surface area (Å²) in [7, 11) is 0. The van der Waals surface area contributed by atoms with Crippen LogP contribution in [-0.2, 0) is 6.54 Å². The average Bonchev–Trinajstić information content (AvgIpc) is 2.72. The van der Waals surface area contributed by atoms with Crippen LogP contribution < -0.4 is 16.8 Å². The van der Waals surface area contributed by atoms with Crippen molar-refractivity contribution in [2.24, 2.45) is 5.73 Å². The fourth-order valence-corrected chi connectivity index (χ4v) is 1.51. The van der Waals surface area contributed by atoms with Crippen molar-refractivity contribution >= 4 is 17.3 Å². The first-order valence-corrected chi connectivity index (χ1v) is 5.28. The number of anilines is 2. The Balaban J connectivity index is 2.17. The van der Waals surface area contributed by atoms with Crippen LogP contribution in [0.5, 0.6) is 0 Å². The van der Waals surface area contributed by atoms with Crippen molar-refractivity contribution in [3.8, 4) is 0 Å². The van der Waals surface area contributed by atoms with Gasteiger partial charge in [0.15, 0.2) is 5.82 Å². The van der Waals surface area contributed by atoms with Crippen LogP contribution in [0.1, 0.15) is 22.1 Å². The third-order valence-corrected chi connectivity index (χ3v) is 2.32. The highest BCUT2D eigenvalue weighted by Crippen LogP contribution is 2.19. The number of aryl methyl sites for hydroxylation is 1. The molecular formula is C11H13N5O2. The molecule has 0 saturated heterocycles. The van der Waals surface area contributed by atoms with Gasteiger partial charge in [0.2, 0.25) is 5.89 Å². The summed E-state index contributed by atoms with van der Waals surface area (Å²) >= 11 is 0. The van der Waals surface area contributed by atoms with E-state index in [9.17, 15) is 4.79 Å². The van der Waals surface area contributed by atoms with E-state index in [0.29, 0.717) is 35.2 Å². The molecule has 7 nitrogen and oxygen atoms in total. The standard InChI is InChI=1S/C11H13N5O2/c1-6-15-10(16-18-6)5-14-9-4-7(12)2-3-8(9)11(13)17/h2-4,14H,5,12H2,1H3,(H2,13,17). The van der Waals surface area contributed by atoms with E-state index >= 15 is 0 Å². The monoisotopic (exact) mass is 247 g/mol. The van der Waals surface area contributed by atoms with Gasteiger partial charge >= 0.3 is 0 Å². The third-order valence-electron chi connectivity index (χ3n) is 2.32. The third kappa shape index (κ3) is 2.57. The molecule has 94 valence electrons. The van der Waals surface area contributed by atoms with E-state index in [1.165, 1.54) is 0 Å². The number of nitrogens with two attached hydrogens (primary N) is 2. The molecule has 5 N–H and O–H groups in total. The van der Waals surface area contributed by atoms with Gasteiger partial charge in [-0.25, -0.2) is 0 Å². The highest BCUT2D eigenvalue weighted by molar-refractivity contribution is 5.99. The molecule has 1 amide bonds. The van der Waals surface area contributed by atoms with Gasteiger partial charge in [0, 0.05) is 18.3 Å². The molecule has 0 atom stereocenters. The van der Waals surface area contributed by atoms with Crippen molar-refractivity contribution in [2.45, 2.75) is 13.5 Å². The van der Waals surface area contributed by atoms with E-state index < -0.39 is 5.91 Å². The number of carbonyl (C=O) groups is 1. The van der Waals surface area contributed by atoms with E-state index in [1.54, 1.807) is 25.1 Å². The number of nitrogens with one attached hydrogen (secondary N) is 1. The van der Waals surface area contributed by atoms with Gasteiger partial charge in [0.1, 0.15) is 0 Å². The zero-order valence-corrected chi connectivity index (χ0v) is 9.80. The zero-order valence-electron chi connectivity index (χ0n) is 9.80. The van der Waals surface area contributed by atoms with Crippen LogP contribution in [0.25, 0.3) is 0 Å². The van der Waals surface area contributed by atoms with Crippen molar-refractivity contribution in [3.05, 3.63) is 35.5 Å². The summed E-state index contributed by atoms with van der Waals surface area (Å²) in [5, 5.41) is 6.73. The van der Waals surface area contributed by atoms with Crippen LogP contribution in [0.3, 0.4) is 0 Å². The molecule has 2 rings (SSSR count). The number of benzene rings is 1. The number of amides is 1. The molecule has 0 radical (unpaired) electrons. The lowest BCUT2D eigenvalue weighted by atomic mass is 10.1. The Labute approximate surface area is 103 Å². The summed E-state index contributed by atoms with van der Waals surface area (Å²) in [5.74, 6) is 0.446. The number of aromatic nitrogens is 2. The quantitative estimate of drug-likeness (QED) is 0.683. The minimum atomic E-state index is -0.526. The second-order valence-corrected chi connectivity index (χ2v) is 3.75. The molecule has 1 aromatic carbocycles. The Kier molecular flexibility index (Phi) is 3.13. The fraction of sp³-hybridized carbons (Fsp3) is 0.182. The second-order valence-electron chi connectivity index (χ2n) is 3.75. The van der Waals surface area contributed by atoms with Gasteiger partial charge in [-0.3, -0.25) is 4.79 Å². The minimum absolute atomic E-state index is 0.321. The molecule has 0 saturated carbocycles. The molecule has 7 heteroatoms. The van der Waals surface area contributed by atoms with Crippen molar-refractivity contribution < 1.29 is 9.32 Å². The summed E-state index contributed by atoms with van der Waals surface area (Å²) in [4.78, 5) is 15.3. The van der Waals surface area contributed by atoms with E-state index in [1.807, 2.05) is 0 Å². The SMILES string of the molecule is Cc1nc(CNc2cc(N)ccc2C(N)=O)no1. The van der Waals surface area contributed by atoms with Crippen LogP contribution in [0.2, 0.25) is 0 Å². The maximum Gasteiger partial charge on any atom is 0.250 e. The van der Waals surface area contributed by atoms with Gasteiger partial charge in [-0.15, -0.1) is 0 Å². The maximum atomic E-state index is 11.2. The van der Waals surface area contributed by atoms with Crippen molar-refractivity contribution in [3.63, 3.8) is 0 Å². The topological polar surface area (TPSA) is 120 Å². The normalized spacial score (nSPS) is 10.3. The summed E-state index contributed by atoms with van der Waals surface area (Å²) in [5.41, 5.74) is 12.4. The Bertz CT molecular complexity index is 579. The number of rotatable bonds is 4. The second kappa shape index (κ2) is 4.74. The Morgan fingerprint density at radius 1 is 1.50 bits per heavy atom. The van der Waals surface area contributed by atoms with Crippen LogP contribution in [0.4, 0.5) is 11.4 Å². The number of carbonyl (C=O) groups excluding carboxylic acids is 1. The van der Waals surface area contributed by atoms with Crippen LogP contribution >= 0.6 is 0 Å². The van der Waals surface area contributed by atoms with E-state index in [2.05, 4.69) is 15.5 Å². The van der Waals surface area contributed by atoms with Gasteiger partial charge in [-0.05, 0) is 18.2 Å². The first-order valence-electron chi connectivity index (χ1n) is 5.28. The molecule has 0 aliphatic carbocycles. The summed E-state index contributed by atoms with van der Waals surface area (Å²) in [6.45, 7) is 2.02. The molecule has 1 heterocycles. The van der Waals surface area contributed by atoms with Crippen molar-refractivity contribution in [1.29, 1.82) is 0 Å². The largest absolute Gasteiger partial charge is 0.399 e. The summed E-state index contributed by atoms with van der Waals surface area (Å²) in [6, 6.07) is 4.82. The number of hydrogen-bond donors (Lipinski definition) is 3. The first-order chi connectivity index (χ1) is 8.56. The van der Waals surface area contributed by atoms with Gasteiger partial charge in [0.05, 0.1) is 12.1 Å². The van der Waals surface area contributed by atoms with Gasteiger partial charge in [0.25, 0.3) is 5.91 Å². The molecular weight excluding hydrogens is 234 g/mol. The number of nitrogen functional groups attached to an aromatic ring is 1. The van der Waals surface area contributed by atoms with Crippen LogP contribution in [0, 0.1) is 6.92 Å². The Hall–Kier alpha value is -2.57. The molecule has 0 bridgehead atoms. The summed E-state index contributed by atoms with van der Waals surface area (Å²) in [6.07, 6.45) is 0. The van der Waals surface area contributed by atoms with E-state index in [4.69, 9.17) is 16.0 Å². The van der Waals surface area contributed by atoms with Crippen molar-refractivity contribution in [2.75, 3.05) is 11.1 Å². The Morgan fingerprint density at radius 2 is 2.28 bits per heavy atom. The van der Waals surface area contributed by atoms with Crippen LogP contribution in [-0.4, -0.2) is 16.0 Å². The lowest BCUT2D eigenvalue weighted by molar-refractivity contribution is 0.100.